The first-order chi connectivity index (χ1) is 7.80. The van der Waals surface area contributed by atoms with E-state index >= 15 is 0 Å². The van der Waals surface area contributed by atoms with Crippen molar-refractivity contribution in [2.75, 3.05) is 25.1 Å². The van der Waals surface area contributed by atoms with Gasteiger partial charge in [-0.05, 0) is 24.0 Å². The molecule has 1 fully saturated rings. The minimum absolute atomic E-state index is 0.569. The first kappa shape index (κ1) is 11.3. The molecule has 1 saturated heterocycles. The molecule has 1 heterocycles. The Hall–Kier alpha value is -1.22. The predicted molar refractivity (Wildman–Crippen MR) is 66.9 cm³/mol. The number of anilines is 1. The van der Waals surface area contributed by atoms with Crippen LogP contribution in [0, 0.1) is 5.92 Å². The number of hydrogen-bond acceptors (Lipinski definition) is 3. The van der Waals surface area contributed by atoms with Gasteiger partial charge < -0.3 is 15.4 Å². The summed E-state index contributed by atoms with van der Waals surface area (Å²) in [5.41, 5.74) is 8.14. The fourth-order valence-electron chi connectivity index (χ4n) is 2.27. The van der Waals surface area contributed by atoms with E-state index in [1.165, 1.54) is 17.7 Å². The Kier molecular flexibility index (Phi) is 3.34. The van der Waals surface area contributed by atoms with Crippen molar-refractivity contribution in [3.63, 3.8) is 0 Å². The fourth-order valence-corrected chi connectivity index (χ4v) is 2.27. The molecule has 0 bridgehead atoms. The van der Waals surface area contributed by atoms with E-state index in [-0.39, 0.29) is 0 Å². The maximum absolute atomic E-state index is 5.78. The summed E-state index contributed by atoms with van der Waals surface area (Å²) in [6.07, 6.45) is 1.25. The van der Waals surface area contributed by atoms with E-state index < -0.39 is 0 Å². The highest BCUT2D eigenvalue weighted by Crippen LogP contribution is 2.36. The Bertz CT molecular complexity index is 337. The zero-order valence-electron chi connectivity index (χ0n) is 10.1. The molecule has 0 aromatic heterocycles. The van der Waals surface area contributed by atoms with Gasteiger partial charge in [-0.25, -0.2) is 0 Å². The van der Waals surface area contributed by atoms with Gasteiger partial charge in [-0.1, -0.05) is 19.1 Å². The lowest BCUT2D eigenvalue weighted by Gasteiger charge is -2.42. The van der Waals surface area contributed by atoms with Crippen LogP contribution in [-0.2, 0) is 6.54 Å². The third-order valence-corrected chi connectivity index (χ3v) is 3.37. The number of nitrogens with zero attached hydrogens (tertiary/aromatic N) is 1. The monoisotopic (exact) mass is 220 g/mol. The summed E-state index contributed by atoms with van der Waals surface area (Å²) in [5, 5.41) is 0. The van der Waals surface area contributed by atoms with Gasteiger partial charge in [0.2, 0.25) is 0 Å². The third-order valence-electron chi connectivity index (χ3n) is 3.37. The van der Waals surface area contributed by atoms with E-state index in [0.717, 1.165) is 24.8 Å². The Labute approximate surface area is 97.2 Å². The molecule has 0 amide bonds. The second-order valence-corrected chi connectivity index (χ2v) is 4.35. The molecule has 0 spiro atoms. The summed E-state index contributed by atoms with van der Waals surface area (Å²) in [5.74, 6) is 1.77. The third kappa shape index (κ3) is 1.87. The van der Waals surface area contributed by atoms with Crippen molar-refractivity contribution in [1.29, 1.82) is 0 Å². The van der Waals surface area contributed by atoms with Crippen molar-refractivity contribution in [1.82, 2.24) is 0 Å². The van der Waals surface area contributed by atoms with Crippen molar-refractivity contribution in [2.45, 2.75) is 19.9 Å². The van der Waals surface area contributed by atoms with Crippen molar-refractivity contribution in [3.8, 4) is 5.75 Å². The largest absolute Gasteiger partial charge is 0.495 e. The first-order valence-corrected chi connectivity index (χ1v) is 5.91. The van der Waals surface area contributed by atoms with Gasteiger partial charge >= 0.3 is 0 Å². The second-order valence-electron chi connectivity index (χ2n) is 4.35. The molecule has 0 unspecified atom stereocenters. The molecule has 1 aliphatic rings. The normalized spacial score (nSPS) is 16.1. The molecule has 1 aromatic carbocycles. The van der Waals surface area contributed by atoms with Crippen LogP contribution in [0.25, 0.3) is 0 Å². The standard InChI is InChI=1S/C13H20N2O/c1-3-10-8-15(9-10)13-11(7-14)5-4-6-12(13)16-2/h4-6,10H,3,7-9,14H2,1-2H3. The Morgan fingerprint density at radius 2 is 2.19 bits per heavy atom. The van der Waals surface area contributed by atoms with E-state index in [1.54, 1.807) is 7.11 Å². The van der Waals surface area contributed by atoms with Gasteiger partial charge in [0.15, 0.2) is 0 Å². The zero-order chi connectivity index (χ0) is 11.5. The maximum Gasteiger partial charge on any atom is 0.142 e. The van der Waals surface area contributed by atoms with Crippen LogP contribution in [0.15, 0.2) is 18.2 Å². The number of nitrogens with two attached hydrogens (primary N) is 1. The van der Waals surface area contributed by atoms with E-state index in [0.29, 0.717) is 6.54 Å². The van der Waals surface area contributed by atoms with E-state index in [9.17, 15) is 0 Å². The predicted octanol–water partition coefficient (Wildman–Crippen LogP) is 2.00. The number of methoxy groups -OCH3 is 1. The molecule has 3 nitrogen and oxygen atoms in total. The average molecular weight is 220 g/mol. The number of hydrogen-bond donors (Lipinski definition) is 1. The Morgan fingerprint density at radius 1 is 1.44 bits per heavy atom. The maximum atomic E-state index is 5.78. The molecule has 0 radical (unpaired) electrons. The zero-order valence-corrected chi connectivity index (χ0v) is 10.1. The Morgan fingerprint density at radius 3 is 2.75 bits per heavy atom. The number of benzene rings is 1. The summed E-state index contributed by atoms with van der Waals surface area (Å²) in [7, 11) is 1.72. The molecule has 2 N–H and O–H groups in total. The van der Waals surface area contributed by atoms with Crippen LogP contribution >= 0.6 is 0 Å². The molecular weight excluding hydrogens is 200 g/mol. The van der Waals surface area contributed by atoms with Crippen LogP contribution in [0.2, 0.25) is 0 Å². The number of para-hydroxylation sites is 1. The molecule has 2 rings (SSSR count). The lowest BCUT2D eigenvalue weighted by atomic mass is 9.95. The lowest BCUT2D eigenvalue weighted by Crippen LogP contribution is -2.47. The van der Waals surface area contributed by atoms with Crippen LogP contribution < -0.4 is 15.4 Å². The van der Waals surface area contributed by atoms with Gasteiger partial charge in [0.1, 0.15) is 5.75 Å². The van der Waals surface area contributed by atoms with Gasteiger partial charge in [0, 0.05) is 19.6 Å². The van der Waals surface area contributed by atoms with Gasteiger partial charge in [-0.2, -0.15) is 0 Å². The van der Waals surface area contributed by atoms with Crippen molar-refractivity contribution < 1.29 is 4.74 Å². The Balaban J connectivity index is 2.24. The van der Waals surface area contributed by atoms with Crippen molar-refractivity contribution >= 4 is 5.69 Å². The summed E-state index contributed by atoms with van der Waals surface area (Å²) in [6.45, 7) is 5.07. The highest BCUT2D eigenvalue weighted by atomic mass is 16.5. The number of rotatable bonds is 4. The highest BCUT2D eigenvalue weighted by molar-refractivity contribution is 5.65. The van der Waals surface area contributed by atoms with Crippen LogP contribution in [0.5, 0.6) is 5.75 Å². The molecule has 88 valence electrons. The van der Waals surface area contributed by atoms with E-state index in [1.807, 2.05) is 12.1 Å². The molecule has 0 saturated carbocycles. The minimum atomic E-state index is 0.569. The van der Waals surface area contributed by atoms with Gasteiger partial charge in [0.05, 0.1) is 12.8 Å². The molecular formula is C13H20N2O. The van der Waals surface area contributed by atoms with E-state index in [4.69, 9.17) is 10.5 Å². The van der Waals surface area contributed by atoms with Crippen molar-refractivity contribution in [3.05, 3.63) is 23.8 Å². The summed E-state index contributed by atoms with van der Waals surface area (Å²) in [6, 6.07) is 6.09. The second kappa shape index (κ2) is 4.74. The topological polar surface area (TPSA) is 38.5 Å². The quantitative estimate of drug-likeness (QED) is 0.843. The molecule has 1 aliphatic heterocycles. The van der Waals surface area contributed by atoms with Gasteiger partial charge in [-0.3, -0.25) is 0 Å². The average Bonchev–Trinajstić information content (AvgIpc) is 2.27. The highest BCUT2D eigenvalue weighted by Gasteiger charge is 2.28. The minimum Gasteiger partial charge on any atom is -0.495 e. The van der Waals surface area contributed by atoms with Gasteiger partial charge in [-0.15, -0.1) is 0 Å². The molecule has 16 heavy (non-hydrogen) atoms. The van der Waals surface area contributed by atoms with Crippen LogP contribution in [-0.4, -0.2) is 20.2 Å². The first-order valence-electron chi connectivity index (χ1n) is 5.91. The van der Waals surface area contributed by atoms with E-state index in [2.05, 4.69) is 17.9 Å². The summed E-state index contributed by atoms with van der Waals surface area (Å²) >= 11 is 0. The molecule has 0 aliphatic carbocycles. The molecule has 0 atom stereocenters. The summed E-state index contributed by atoms with van der Waals surface area (Å²) < 4.78 is 5.42. The smallest absolute Gasteiger partial charge is 0.142 e. The van der Waals surface area contributed by atoms with Crippen LogP contribution in [0.4, 0.5) is 5.69 Å². The number of ether oxygens (including phenoxy) is 1. The summed E-state index contributed by atoms with van der Waals surface area (Å²) in [4.78, 5) is 2.37. The lowest BCUT2D eigenvalue weighted by molar-refractivity contribution is 0.379. The molecule has 3 heteroatoms. The van der Waals surface area contributed by atoms with Crippen LogP contribution in [0.1, 0.15) is 18.9 Å². The SMILES string of the molecule is CCC1CN(c2c(CN)cccc2OC)C1. The fraction of sp³-hybridized carbons (Fsp3) is 0.538. The van der Waals surface area contributed by atoms with Crippen LogP contribution in [0.3, 0.4) is 0 Å². The van der Waals surface area contributed by atoms with Gasteiger partial charge in [0.25, 0.3) is 0 Å². The van der Waals surface area contributed by atoms with Crippen molar-refractivity contribution in [2.24, 2.45) is 11.7 Å². The molecule has 1 aromatic rings.